The van der Waals surface area contributed by atoms with Crippen LogP contribution in [0.15, 0.2) is 18.7 Å². The molecule has 19 heavy (non-hydrogen) atoms. The molecule has 0 spiro atoms. The van der Waals surface area contributed by atoms with Gasteiger partial charge in [-0.2, -0.15) is 0 Å². The van der Waals surface area contributed by atoms with Crippen molar-refractivity contribution >= 4 is 10.0 Å². The van der Waals surface area contributed by atoms with E-state index in [2.05, 4.69) is 15.3 Å². The summed E-state index contributed by atoms with van der Waals surface area (Å²) in [5.74, 6) is 0.187. The lowest BCUT2D eigenvalue weighted by atomic mass is 10.1. The molecule has 0 saturated carbocycles. The molecule has 0 amide bonds. The van der Waals surface area contributed by atoms with Crippen molar-refractivity contribution in [3.05, 3.63) is 24.3 Å². The number of aromatic nitrogens is 2. The number of nitrogens with zero attached hydrogens (tertiary/aromatic N) is 3. The van der Waals surface area contributed by atoms with E-state index >= 15 is 0 Å². The first-order valence-corrected chi connectivity index (χ1v) is 8.18. The minimum atomic E-state index is -3.03. The van der Waals surface area contributed by atoms with Gasteiger partial charge >= 0.3 is 0 Å². The molecular formula is C12H20N4O2S. The molecule has 1 N–H and O–H groups in total. The van der Waals surface area contributed by atoms with Crippen LogP contribution in [-0.2, 0) is 16.6 Å². The average molecular weight is 284 g/mol. The molecule has 0 radical (unpaired) electrons. The lowest BCUT2D eigenvalue weighted by Gasteiger charge is -2.31. The summed E-state index contributed by atoms with van der Waals surface area (Å²) in [5, 5.41) is 3.43. The zero-order valence-corrected chi connectivity index (χ0v) is 11.9. The van der Waals surface area contributed by atoms with Crippen LogP contribution in [0, 0.1) is 0 Å². The highest BCUT2D eigenvalue weighted by molar-refractivity contribution is 7.89. The van der Waals surface area contributed by atoms with E-state index in [1.807, 2.05) is 0 Å². The summed E-state index contributed by atoms with van der Waals surface area (Å²) in [7, 11) is -3.03. The second-order valence-electron chi connectivity index (χ2n) is 4.70. The van der Waals surface area contributed by atoms with Crippen molar-refractivity contribution in [2.24, 2.45) is 0 Å². The van der Waals surface area contributed by atoms with Crippen LogP contribution in [0.3, 0.4) is 0 Å². The highest BCUT2D eigenvalue weighted by Gasteiger charge is 2.26. The third kappa shape index (κ3) is 3.95. The van der Waals surface area contributed by atoms with Gasteiger partial charge in [-0.3, -0.25) is 0 Å². The van der Waals surface area contributed by atoms with Gasteiger partial charge < -0.3 is 5.32 Å². The molecule has 1 aliphatic rings. The van der Waals surface area contributed by atoms with Crippen LogP contribution in [0.4, 0.5) is 0 Å². The first-order chi connectivity index (χ1) is 9.12. The summed E-state index contributed by atoms with van der Waals surface area (Å²) >= 11 is 0. The molecule has 0 aromatic carbocycles. The van der Waals surface area contributed by atoms with Gasteiger partial charge in [-0.1, -0.05) is 0 Å². The lowest BCUT2D eigenvalue weighted by molar-refractivity contribution is 0.289. The first kappa shape index (κ1) is 14.4. The van der Waals surface area contributed by atoms with Crippen LogP contribution in [0.25, 0.3) is 0 Å². The first-order valence-electron chi connectivity index (χ1n) is 6.57. The molecule has 106 valence electrons. The molecule has 1 fully saturated rings. The van der Waals surface area contributed by atoms with Crippen LogP contribution in [0.5, 0.6) is 0 Å². The maximum absolute atomic E-state index is 11.7. The van der Waals surface area contributed by atoms with Crippen LogP contribution in [-0.4, -0.2) is 47.6 Å². The minimum absolute atomic E-state index is 0.187. The highest BCUT2D eigenvalue weighted by atomic mass is 32.2. The van der Waals surface area contributed by atoms with E-state index in [4.69, 9.17) is 0 Å². The van der Waals surface area contributed by atoms with Crippen molar-refractivity contribution in [2.45, 2.75) is 32.4 Å². The molecule has 6 nitrogen and oxygen atoms in total. The fourth-order valence-corrected chi connectivity index (χ4v) is 3.34. The van der Waals surface area contributed by atoms with Gasteiger partial charge in [0, 0.05) is 43.6 Å². The molecule has 2 rings (SSSR count). The standard InChI is InChI=1S/C12H20N4O2S/c1-2-19(17,18)16-5-3-12(4-6-16)15-9-11-7-13-10-14-8-11/h7-8,10,12,15H,2-6,9H2,1H3. The van der Waals surface area contributed by atoms with Crippen LogP contribution >= 0.6 is 0 Å². The Bertz CT molecular complexity index is 484. The number of hydrogen-bond acceptors (Lipinski definition) is 5. The molecular weight excluding hydrogens is 264 g/mol. The number of hydrogen-bond donors (Lipinski definition) is 1. The molecule has 1 aromatic heterocycles. The molecule has 7 heteroatoms. The van der Waals surface area contributed by atoms with E-state index in [0.717, 1.165) is 24.9 Å². The number of sulfonamides is 1. The van der Waals surface area contributed by atoms with Crippen molar-refractivity contribution in [1.82, 2.24) is 19.6 Å². The van der Waals surface area contributed by atoms with Gasteiger partial charge in [-0.25, -0.2) is 22.7 Å². The van der Waals surface area contributed by atoms with Crippen molar-refractivity contribution in [2.75, 3.05) is 18.8 Å². The predicted molar refractivity (Wildman–Crippen MR) is 72.9 cm³/mol. The summed E-state index contributed by atoms with van der Waals surface area (Å²) in [6, 6.07) is 0.364. The van der Waals surface area contributed by atoms with E-state index in [0.29, 0.717) is 19.1 Å². The number of piperidine rings is 1. The van der Waals surface area contributed by atoms with Crippen molar-refractivity contribution in [3.63, 3.8) is 0 Å². The second-order valence-corrected chi connectivity index (χ2v) is 6.96. The maximum atomic E-state index is 11.7. The third-order valence-corrected chi connectivity index (χ3v) is 5.30. The van der Waals surface area contributed by atoms with Gasteiger partial charge in [-0.05, 0) is 19.8 Å². The molecule has 0 aliphatic carbocycles. The maximum Gasteiger partial charge on any atom is 0.213 e. The fraction of sp³-hybridized carbons (Fsp3) is 0.667. The summed E-state index contributed by atoms with van der Waals surface area (Å²) in [6.07, 6.45) is 6.80. The number of rotatable bonds is 5. The van der Waals surface area contributed by atoms with E-state index in [1.165, 1.54) is 6.33 Å². The zero-order chi connectivity index (χ0) is 13.7. The van der Waals surface area contributed by atoms with Crippen molar-refractivity contribution in [1.29, 1.82) is 0 Å². The molecule has 0 unspecified atom stereocenters. The molecule has 0 atom stereocenters. The van der Waals surface area contributed by atoms with E-state index < -0.39 is 10.0 Å². The smallest absolute Gasteiger partial charge is 0.213 e. The second kappa shape index (κ2) is 6.40. The number of nitrogens with one attached hydrogen (secondary N) is 1. The zero-order valence-electron chi connectivity index (χ0n) is 11.1. The highest BCUT2D eigenvalue weighted by Crippen LogP contribution is 2.14. The van der Waals surface area contributed by atoms with Crippen LogP contribution < -0.4 is 5.32 Å². The Morgan fingerprint density at radius 3 is 2.53 bits per heavy atom. The minimum Gasteiger partial charge on any atom is -0.310 e. The van der Waals surface area contributed by atoms with Gasteiger partial charge in [0.05, 0.1) is 5.75 Å². The van der Waals surface area contributed by atoms with Gasteiger partial charge in [0.1, 0.15) is 6.33 Å². The third-order valence-electron chi connectivity index (χ3n) is 3.42. The molecule has 0 bridgehead atoms. The SMILES string of the molecule is CCS(=O)(=O)N1CCC(NCc2cncnc2)CC1. The van der Waals surface area contributed by atoms with Crippen molar-refractivity contribution < 1.29 is 8.42 Å². The van der Waals surface area contributed by atoms with E-state index in [9.17, 15) is 8.42 Å². The lowest BCUT2D eigenvalue weighted by Crippen LogP contribution is -2.45. The Morgan fingerprint density at radius 2 is 1.95 bits per heavy atom. The largest absolute Gasteiger partial charge is 0.310 e. The van der Waals surface area contributed by atoms with Gasteiger partial charge in [-0.15, -0.1) is 0 Å². The fourth-order valence-electron chi connectivity index (χ4n) is 2.20. The summed E-state index contributed by atoms with van der Waals surface area (Å²) in [5.41, 5.74) is 1.05. The Balaban J connectivity index is 1.78. The molecule has 1 aromatic rings. The summed E-state index contributed by atoms with van der Waals surface area (Å²) in [6.45, 7) is 3.64. The van der Waals surface area contributed by atoms with Crippen LogP contribution in [0.2, 0.25) is 0 Å². The monoisotopic (exact) mass is 284 g/mol. The Kier molecular flexibility index (Phi) is 4.84. The topological polar surface area (TPSA) is 75.2 Å². The van der Waals surface area contributed by atoms with Gasteiger partial charge in [0.25, 0.3) is 0 Å². The van der Waals surface area contributed by atoms with Gasteiger partial charge in [0.2, 0.25) is 10.0 Å². The average Bonchev–Trinajstić information content (AvgIpc) is 2.47. The summed E-state index contributed by atoms with van der Waals surface area (Å²) < 4.78 is 25.1. The normalized spacial score (nSPS) is 18.6. The van der Waals surface area contributed by atoms with E-state index in [1.54, 1.807) is 23.6 Å². The Morgan fingerprint density at radius 1 is 1.32 bits per heavy atom. The Labute approximate surface area is 114 Å². The Hall–Kier alpha value is -1.05. The van der Waals surface area contributed by atoms with Gasteiger partial charge in [0.15, 0.2) is 0 Å². The predicted octanol–water partition coefficient (Wildman–Crippen LogP) is 0.380. The molecule has 2 heterocycles. The molecule has 1 aliphatic heterocycles. The molecule has 1 saturated heterocycles. The quantitative estimate of drug-likeness (QED) is 0.846. The summed E-state index contributed by atoms with van der Waals surface area (Å²) in [4.78, 5) is 7.93. The van der Waals surface area contributed by atoms with E-state index in [-0.39, 0.29) is 5.75 Å². The van der Waals surface area contributed by atoms with Crippen molar-refractivity contribution in [3.8, 4) is 0 Å². The van der Waals surface area contributed by atoms with Crippen LogP contribution in [0.1, 0.15) is 25.3 Å².